The van der Waals surface area contributed by atoms with Crippen molar-refractivity contribution >= 4 is 27.8 Å². The highest BCUT2D eigenvalue weighted by atomic mass is 16.5. The molecule has 10 nitrogen and oxygen atoms in total. The van der Waals surface area contributed by atoms with E-state index in [9.17, 15) is 4.79 Å². The molecule has 0 saturated carbocycles. The van der Waals surface area contributed by atoms with Crippen molar-refractivity contribution < 1.29 is 28.5 Å². The van der Waals surface area contributed by atoms with Crippen molar-refractivity contribution in [2.45, 2.75) is 26.6 Å². The summed E-state index contributed by atoms with van der Waals surface area (Å²) in [5, 5.41) is 1.62. The van der Waals surface area contributed by atoms with E-state index in [0.717, 1.165) is 21.8 Å². The van der Waals surface area contributed by atoms with Crippen molar-refractivity contribution in [2.24, 2.45) is 0 Å². The van der Waals surface area contributed by atoms with Gasteiger partial charge in [-0.25, -0.2) is 9.78 Å². The average molecular weight is 452 g/mol. The Bertz CT molecular complexity index is 1300. The van der Waals surface area contributed by atoms with Crippen LogP contribution < -0.4 is 14.2 Å². The Morgan fingerprint density at radius 2 is 1.76 bits per heavy atom. The van der Waals surface area contributed by atoms with Crippen molar-refractivity contribution in [2.75, 3.05) is 21.3 Å². The molecule has 0 fully saturated rings. The van der Waals surface area contributed by atoms with Crippen LogP contribution in [0.25, 0.3) is 21.8 Å². The normalized spacial score (nSPS) is 11.2. The smallest absolute Gasteiger partial charge is 0.357 e. The number of aromatic nitrogens is 4. The molecule has 4 aromatic rings. The zero-order valence-corrected chi connectivity index (χ0v) is 19.0. The van der Waals surface area contributed by atoms with Crippen molar-refractivity contribution in [3.8, 4) is 23.5 Å². The van der Waals surface area contributed by atoms with Gasteiger partial charge in [0.05, 0.1) is 44.7 Å². The third kappa shape index (κ3) is 4.51. The Labute approximate surface area is 189 Å². The van der Waals surface area contributed by atoms with Crippen LogP contribution in [0.1, 0.15) is 29.9 Å². The topological polar surface area (TPSA) is 118 Å². The molecule has 33 heavy (non-hydrogen) atoms. The summed E-state index contributed by atoms with van der Waals surface area (Å²) in [5.41, 5.74) is 2.44. The summed E-state index contributed by atoms with van der Waals surface area (Å²) < 4.78 is 27.0. The molecular formula is C23H24N4O6. The predicted molar refractivity (Wildman–Crippen MR) is 120 cm³/mol. The van der Waals surface area contributed by atoms with E-state index in [-0.39, 0.29) is 24.4 Å². The van der Waals surface area contributed by atoms with Crippen molar-refractivity contribution in [1.82, 2.24) is 19.9 Å². The monoisotopic (exact) mass is 452 g/mol. The van der Waals surface area contributed by atoms with Gasteiger partial charge in [-0.2, -0.15) is 9.97 Å². The molecule has 4 rings (SSSR count). The molecular weight excluding hydrogens is 428 g/mol. The first-order valence-electron chi connectivity index (χ1n) is 10.2. The molecule has 3 heterocycles. The number of aromatic amines is 1. The van der Waals surface area contributed by atoms with E-state index in [1.165, 1.54) is 14.2 Å². The van der Waals surface area contributed by atoms with Crippen LogP contribution in [0.2, 0.25) is 0 Å². The maximum absolute atomic E-state index is 12.7. The molecule has 0 aliphatic heterocycles. The first-order valence-corrected chi connectivity index (χ1v) is 10.2. The second-order valence-electron chi connectivity index (χ2n) is 7.43. The number of benzene rings is 1. The van der Waals surface area contributed by atoms with Crippen LogP contribution in [0.3, 0.4) is 0 Å². The summed E-state index contributed by atoms with van der Waals surface area (Å²) in [4.78, 5) is 28.7. The molecule has 0 unspecified atom stereocenters. The van der Waals surface area contributed by atoms with Crippen LogP contribution in [0.4, 0.5) is 0 Å². The zero-order valence-electron chi connectivity index (χ0n) is 19.0. The number of pyridine rings is 1. The number of hydrogen-bond acceptors (Lipinski definition) is 9. The molecule has 10 heteroatoms. The minimum atomic E-state index is -0.502. The number of fused-ring (bicyclic) bond motifs is 3. The van der Waals surface area contributed by atoms with Gasteiger partial charge in [-0.05, 0) is 32.0 Å². The molecule has 172 valence electrons. The maximum atomic E-state index is 12.7. The molecule has 0 amide bonds. The van der Waals surface area contributed by atoms with Gasteiger partial charge in [0.1, 0.15) is 5.75 Å². The fourth-order valence-electron chi connectivity index (χ4n) is 3.48. The molecule has 3 aromatic heterocycles. The van der Waals surface area contributed by atoms with E-state index in [0.29, 0.717) is 23.1 Å². The number of carbonyl (C=O) groups is 1. The minimum Gasteiger partial charge on any atom is -0.481 e. The predicted octanol–water partition coefficient (Wildman–Crippen LogP) is 4.03. The minimum absolute atomic E-state index is 0.0744. The zero-order chi connectivity index (χ0) is 23.5. The lowest BCUT2D eigenvalue weighted by atomic mass is 10.1. The highest BCUT2D eigenvalue weighted by Gasteiger charge is 2.21. The van der Waals surface area contributed by atoms with Crippen molar-refractivity contribution in [1.29, 1.82) is 0 Å². The van der Waals surface area contributed by atoms with Gasteiger partial charge in [-0.1, -0.05) is 0 Å². The van der Waals surface area contributed by atoms with Crippen LogP contribution in [0.5, 0.6) is 23.5 Å². The number of hydrogen-bond donors (Lipinski definition) is 1. The molecule has 0 radical (unpaired) electrons. The number of rotatable bonds is 8. The number of esters is 1. The fraction of sp³-hybridized carbons (Fsp3) is 0.304. The molecule has 1 N–H and O–H groups in total. The Morgan fingerprint density at radius 1 is 1.03 bits per heavy atom. The van der Waals surface area contributed by atoms with Gasteiger partial charge in [-0.3, -0.25) is 0 Å². The molecule has 0 spiro atoms. The highest BCUT2D eigenvalue weighted by molar-refractivity contribution is 6.11. The first-order chi connectivity index (χ1) is 15.9. The van der Waals surface area contributed by atoms with E-state index < -0.39 is 5.97 Å². The van der Waals surface area contributed by atoms with E-state index in [1.54, 1.807) is 39.3 Å². The second kappa shape index (κ2) is 9.29. The lowest BCUT2D eigenvalue weighted by molar-refractivity contribution is 0.0366. The number of nitrogens with one attached hydrogen (secondary N) is 1. The Kier molecular flexibility index (Phi) is 6.27. The largest absolute Gasteiger partial charge is 0.481 e. The lowest BCUT2D eigenvalue weighted by Crippen LogP contribution is -2.15. The van der Waals surface area contributed by atoms with Gasteiger partial charge in [-0.15, -0.1) is 0 Å². The molecule has 1 aromatic carbocycles. The molecule has 0 atom stereocenters. The van der Waals surface area contributed by atoms with Gasteiger partial charge in [0.15, 0.2) is 5.69 Å². The summed E-state index contributed by atoms with van der Waals surface area (Å²) in [7, 11) is 4.56. The number of carbonyl (C=O) groups excluding carboxylic acids is 1. The molecule has 0 aliphatic rings. The summed E-state index contributed by atoms with van der Waals surface area (Å²) >= 11 is 0. The second-order valence-corrected chi connectivity index (χ2v) is 7.43. The van der Waals surface area contributed by atoms with Gasteiger partial charge in [0, 0.05) is 29.0 Å². The van der Waals surface area contributed by atoms with Crippen LogP contribution in [0, 0.1) is 0 Å². The van der Waals surface area contributed by atoms with Gasteiger partial charge < -0.3 is 28.7 Å². The third-order valence-electron chi connectivity index (χ3n) is 4.82. The number of ether oxygens (including phenoxy) is 5. The Balaban J connectivity index is 1.82. The summed E-state index contributed by atoms with van der Waals surface area (Å²) in [5.74, 6) is 0.612. The van der Waals surface area contributed by atoms with Crippen LogP contribution in [0.15, 0.2) is 30.5 Å². The SMILES string of the molecule is COCc1c(C(=O)OC(C)C)ncc2[nH]c3ccc(Oc4nc(OC)cc(OC)n4)cc3c12. The average Bonchev–Trinajstić information content (AvgIpc) is 3.17. The van der Waals surface area contributed by atoms with E-state index >= 15 is 0 Å². The number of H-pyrrole nitrogens is 1. The first kappa shape index (κ1) is 22.3. The highest BCUT2D eigenvalue weighted by Crippen LogP contribution is 2.34. The molecule has 0 bridgehead atoms. The third-order valence-corrected chi connectivity index (χ3v) is 4.82. The maximum Gasteiger partial charge on any atom is 0.357 e. The quantitative estimate of drug-likeness (QED) is 0.395. The summed E-state index contributed by atoms with van der Waals surface area (Å²) in [6, 6.07) is 7.11. The number of methoxy groups -OCH3 is 3. The van der Waals surface area contributed by atoms with E-state index in [2.05, 4.69) is 19.9 Å². The molecule has 0 aliphatic carbocycles. The van der Waals surface area contributed by atoms with Gasteiger partial charge in [0.25, 0.3) is 0 Å². The standard InChI is InChI=1S/C23H24N4O6/c1-12(2)32-22(28)21-15(11-29-3)20-14-8-13(6-7-16(14)25-17(20)10-24-21)33-23-26-18(30-4)9-19(27-23)31-5/h6-10,12,25H,11H2,1-5H3. The van der Waals surface area contributed by atoms with Gasteiger partial charge >= 0.3 is 12.0 Å². The van der Waals surface area contributed by atoms with E-state index in [4.69, 9.17) is 23.7 Å². The Hall–Kier alpha value is -3.92. The number of nitrogens with zero attached hydrogens (tertiary/aromatic N) is 3. The van der Waals surface area contributed by atoms with Crippen LogP contribution in [-0.4, -0.2) is 53.3 Å². The Morgan fingerprint density at radius 3 is 2.39 bits per heavy atom. The molecule has 0 saturated heterocycles. The van der Waals surface area contributed by atoms with E-state index in [1.807, 2.05) is 12.1 Å². The van der Waals surface area contributed by atoms with Gasteiger partial charge in [0.2, 0.25) is 11.8 Å². The fourth-order valence-corrected chi connectivity index (χ4v) is 3.48. The van der Waals surface area contributed by atoms with Crippen LogP contribution in [-0.2, 0) is 16.1 Å². The summed E-state index contributed by atoms with van der Waals surface area (Å²) in [6.45, 7) is 3.76. The van der Waals surface area contributed by atoms with Crippen LogP contribution >= 0.6 is 0 Å². The van der Waals surface area contributed by atoms with Crippen molar-refractivity contribution in [3.05, 3.63) is 41.7 Å². The van der Waals surface area contributed by atoms with Crippen molar-refractivity contribution in [3.63, 3.8) is 0 Å². The summed E-state index contributed by atoms with van der Waals surface area (Å²) in [6.07, 6.45) is 1.34. The lowest BCUT2D eigenvalue weighted by Gasteiger charge is -2.12.